The van der Waals surface area contributed by atoms with Gasteiger partial charge in [0.1, 0.15) is 0 Å². The van der Waals surface area contributed by atoms with Gasteiger partial charge in [0.15, 0.2) is 0 Å². The van der Waals surface area contributed by atoms with E-state index in [1.165, 1.54) is 0 Å². The summed E-state index contributed by atoms with van der Waals surface area (Å²) in [5, 5.41) is 6.53. The standard InChI is InChI=1S/C14H26N2O2/c1-10(11-5-8-18-9-11)16-13(17)12-14(2,3)6-4-7-15-12/h10-12,15H,4-9H2,1-3H3,(H,16,17). The van der Waals surface area contributed by atoms with Crippen molar-refractivity contribution in [2.45, 2.75) is 52.1 Å². The monoisotopic (exact) mass is 254 g/mol. The van der Waals surface area contributed by atoms with Crippen molar-refractivity contribution in [1.82, 2.24) is 10.6 Å². The fourth-order valence-corrected chi connectivity index (χ4v) is 3.03. The Morgan fingerprint density at radius 1 is 1.50 bits per heavy atom. The zero-order valence-corrected chi connectivity index (χ0v) is 11.8. The van der Waals surface area contributed by atoms with Crippen LogP contribution in [0.2, 0.25) is 0 Å². The number of piperidine rings is 1. The van der Waals surface area contributed by atoms with Gasteiger partial charge in [-0.2, -0.15) is 0 Å². The van der Waals surface area contributed by atoms with Crippen molar-refractivity contribution in [2.75, 3.05) is 19.8 Å². The second kappa shape index (κ2) is 5.57. The van der Waals surface area contributed by atoms with Crippen LogP contribution in [0.25, 0.3) is 0 Å². The summed E-state index contributed by atoms with van der Waals surface area (Å²) in [6.45, 7) is 9.00. The molecule has 4 nitrogen and oxygen atoms in total. The number of amides is 1. The molecule has 2 N–H and O–H groups in total. The van der Waals surface area contributed by atoms with E-state index in [-0.39, 0.29) is 23.4 Å². The number of ether oxygens (including phenoxy) is 1. The SMILES string of the molecule is CC(NC(=O)C1NCCCC1(C)C)C1CCOC1. The van der Waals surface area contributed by atoms with Crippen molar-refractivity contribution in [3.05, 3.63) is 0 Å². The van der Waals surface area contributed by atoms with Crippen molar-refractivity contribution >= 4 is 5.91 Å². The Labute approximate surface area is 110 Å². The number of rotatable bonds is 3. The highest BCUT2D eigenvalue weighted by atomic mass is 16.5. The van der Waals surface area contributed by atoms with Crippen LogP contribution in [0.5, 0.6) is 0 Å². The summed E-state index contributed by atoms with van der Waals surface area (Å²) in [6.07, 6.45) is 3.32. The van der Waals surface area contributed by atoms with Crippen LogP contribution in [0.3, 0.4) is 0 Å². The molecule has 0 spiro atoms. The summed E-state index contributed by atoms with van der Waals surface area (Å²) in [7, 11) is 0. The largest absolute Gasteiger partial charge is 0.381 e. The highest BCUT2D eigenvalue weighted by molar-refractivity contribution is 5.83. The third-order valence-electron chi connectivity index (χ3n) is 4.43. The van der Waals surface area contributed by atoms with Crippen LogP contribution in [-0.2, 0) is 9.53 Å². The first-order chi connectivity index (χ1) is 8.50. The first-order valence-corrected chi connectivity index (χ1v) is 7.12. The van der Waals surface area contributed by atoms with Crippen molar-refractivity contribution in [1.29, 1.82) is 0 Å². The summed E-state index contributed by atoms with van der Waals surface area (Å²) < 4.78 is 5.38. The minimum absolute atomic E-state index is 0.0498. The maximum Gasteiger partial charge on any atom is 0.237 e. The molecule has 0 aromatic heterocycles. The minimum Gasteiger partial charge on any atom is -0.381 e. The normalized spacial score (nSPS) is 33.1. The van der Waals surface area contributed by atoms with E-state index in [0.717, 1.165) is 39.0 Å². The Kier molecular flexibility index (Phi) is 4.28. The minimum atomic E-state index is -0.0592. The predicted octanol–water partition coefficient (Wildman–Crippen LogP) is 1.31. The lowest BCUT2D eigenvalue weighted by molar-refractivity contribution is -0.127. The third kappa shape index (κ3) is 3.04. The average Bonchev–Trinajstić information content (AvgIpc) is 2.81. The fourth-order valence-electron chi connectivity index (χ4n) is 3.03. The molecule has 1 amide bonds. The summed E-state index contributed by atoms with van der Waals surface area (Å²) in [5.74, 6) is 0.625. The highest BCUT2D eigenvalue weighted by Gasteiger charge is 2.38. The van der Waals surface area contributed by atoms with Crippen molar-refractivity contribution in [3.8, 4) is 0 Å². The van der Waals surface area contributed by atoms with Crippen LogP contribution >= 0.6 is 0 Å². The first kappa shape index (κ1) is 13.8. The van der Waals surface area contributed by atoms with Crippen molar-refractivity contribution in [2.24, 2.45) is 11.3 Å². The van der Waals surface area contributed by atoms with Crippen LogP contribution in [0.1, 0.15) is 40.0 Å². The Morgan fingerprint density at radius 3 is 2.89 bits per heavy atom. The zero-order valence-electron chi connectivity index (χ0n) is 11.8. The highest BCUT2D eigenvalue weighted by Crippen LogP contribution is 2.30. The summed E-state index contributed by atoms with van der Waals surface area (Å²) in [4.78, 5) is 12.4. The molecule has 18 heavy (non-hydrogen) atoms. The van der Waals surface area contributed by atoms with Gasteiger partial charge in [0, 0.05) is 18.6 Å². The van der Waals surface area contributed by atoms with E-state index in [2.05, 4.69) is 31.4 Å². The molecule has 3 unspecified atom stereocenters. The first-order valence-electron chi connectivity index (χ1n) is 7.12. The van der Waals surface area contributed by atoms with Crippen molar-refractivity contribution in [3.63, 3.8) is 0 Å². The van der Waals surface area contributed by atoms with Gasteiger partial charge in [-0.15, -0.1) is 0 Å². The van der Waals surface area contributed by atoms with Gasteiger partial charge in [0.2, 0.25) is 5.91 Å². The molecular weight excluding hydrogens is 228 g/mol. The van der Waals surface area contributed by atoms with Crippen LogP contribution in [0.15, 0.2) is 0 Å². The maximum absolute atomic E-state index is 12.4. The van der Waals surface area contributed by atoms with Crippen molar-refractivity contribution < 1.29 is 9.53 Å². The quantitative estimate of drug-likeness (QED) is 0.798. The van der Waals surface area contributed by atoms with E-state index >= 15 is 0 Å². The van der Waals surface area contributed by atoms with Gasteiger partial charge < -0.3 is 15.4 Å². The van der Waals surface area contributed by atoms with Crippen LogP contribution in [0.4, 0.5) is 0 Å². The summed E-state index contributed by atoms with van der Waals surface area (Å²) in [5.41, 5.74) is 0.0498. The molecule has 0 aromatic rings. The second-order valence-corrected chi connectivity index (χ2v) is 6.40. The number of carbonyl (C=O) groups is 1. The van der Waals surface area contributed by atoms with Gasteiger partial charge in [-0.1, -0.05) is 13.8 Å². The van der Waals surface area contributed by atoms with Crippen LogP contribution < -0.4 is 10.6 Å². The van der Waals surface area contributed by atoms with E-state index in [4.69, 9.17) is 4.74 Å². The predicted molar refractivity (Wildman–Crippen MR) is 71.3 cm³/mol. The molecule has 0 saturated carbocycles. The van der Waals surface area contributed by atoms with Gasteiger partial charge >= 0.3 is 0 Å². The Bertz CT molecular complexity index is 298. The molecule has 0 aromatic carbocycles. The van der Waals surface area contributed by atoms with E-state index in [0.29, 0.717) is 5.92 Å². The Morgan fingerprint density at radius 2 is 2.28 bits per heavy atom. The zero-order chi connectivity index (χ0) is 13.2. The molecule has 0 radical (unpaired) electrons. The van der Waals surface area contributed by atoms with E-state index in [1.54, 1.807) is 0 Å². The molecular formula is C14H26N2O2. The topological polar surface area (TPSA) is 50.4 Å². The number of nitrogens with one attached hydrogen (secondary N) is 2. The molecule has 0 aliphatic carbocycles. The Balaban J connectivity index is 1.90. The Hall–Kier alpha value is -0.610. The second-order valence-electron chi connectivity index (χ2n) is 6.40. The van der Waals surface area contributed by atoms with E-state index < -0.39 is 0 Å². The number of carbonyl (C=O) groups excluding carboxylic acids is 1. The molecule has 2 aliphatic heterocycles. The molecule has 0 bridgehead atoms. The average molecular weight is 254 g/mol. The van der Waals surface area contributed by atoms with Crippen LogP contribution in [0, 0.1) is 11.3 Å². The molecule has 2 saturated heterocycles. The van der Waals surface area contributed by atoms with Gasteiger partial charge in [-0.25, -0.2) is 0 Å². The molecule has 2 aliphatic rings. The molecule has 104 valence electrons. The summed E-state index contributed by atoms with van der Waals surface area (Å²) >= 11 is 0. The van der Waals surface area contributed by atoms with Gasteiger partial charge in [-0.05, 0) is 38.1 Å². The number of hydrogen-bond donors (Lipinski definition) is 2. The molecule has 4 heteroatoms. The molecule has 2 fully saturated rings. The number of hydrogen-bond acceptors (Lipinski definition) is 3. The fraction of sp³-hybridized carbons (Fsp3) is 0.929. The molecule has 2 heterocycles. The lowest BCUT2D eigenvalue weighted by atomic mass is 9.77. The third-order valence-corrected chi connectivity index (χ3v) is 4.43. The van der Waals surface area contributed by atoms with E-state index in [9.17, 15) is 4.79 Å². The van der Waals surface area contributed by atoms with Gasteiger partial charge in [0.25, 0.3) is 0 Å². The molecule has 2 rings (SSSR count). The smallest absolute Gasteiger partial charge is 0.237 e. The lowest BCUT2D eigenvalue weighted by Gasteiger charge is -2.39. The maximum atomic E-state index is 12.4. The lowest BCUT2D eigenvalue weighted by Crippen LogP contribution is -2.57. The summed E-state index contributed by atoms with van der Waals surface area (Å²) in [6, 6.07) is 0.149. The van der Waals surface area contributed by atoms with Crippen LogP contribution in [-0.4, -0.2) is 37.7 Å². The van der Waals surface area contributed by atoms with E-state index in [1.807, 2.05) is 0 Å². The van der Waals surface area contributed by atoms with Gasteiger partial charge in [-0.3, -0.25) is 4.79 Å². The van der Waals surface area contributed by atoms with Gasteiger partial charge in [0.05, 0.1) is 12.6 Å². The molecule has 3 atom stereocenters.